The molecule has 0 amide bonds. The summed E-state index contributed by atoms with van der Waals surface area (Å²) in [5.74, 6) is 1.79. The van der Waals surface area contributed by atoms with Crippen LogP contribution in [0, 0.1) is 11.8 Å². The van der Waals surface area contributed by atoms with E-state index in [9.17, 15) is 5.11 Å². The topological polar surface area (TPSA) is 33.4 Å². The van der Waals surface area contributed by atoms with Crippen molar-refractivity contribution in [2.24, 2.45) is 11.8 Å². The molecule has 1 N–H and O–H groups in total. The number of hydrogen-bond acceptors (Lipinski definition) is 2. The molecule has 1 atom stereocenters. The zero-order chi connectivity index (χ0) is 13.4. The largest absolute Gasteiger partial charge is 0.458 e. The second-order valence-corrected chi connectivity index (χ2v) is 6.23. The van der Waals surface area contributed by atoms with Gasteiger partial charge in [0.25, 0.3) is 0 Å². The fraction of sp³-hybridized carbons (Fsp3) is 0.500. The molecule has 1 saturated carbocycles. The van der Waals surface area contributed by atoms with Gasteiger partial charge in [-0.05, 0) is 48.9 Å². The first-order chi connectivity index (χ1) is 9.13. The Balaban J connectivity index is 1.83. The standard InChI is InChI=1S/C16H19ClO2/c1-10-2-4-11(5-3-10)16(18)15-9-12-8-13(17)6-7-14(12)19-15/h6-11,16,18H,2-5H2,1H3. The molecule has 2 aromatic rings. The van der Waals surface area contributed by atoms with Crippen LogP contribution in [-0.4, -0.2) is 5.11 Å². The van der Waals surface area contributed by atoms with Crippen molar-refractivity contribution in [3.8, 4) is 0 Å². The molecule has 0 spiro atoms. The molecular formula is C16H19ClO2. The van der Waals surface area contributed by atoms with E-state index in [2.05, 4.69) is 6.92 Å². The average molecular weight is 279 g/mol. The third-order valence-corrected chi connectivity index (χ3v) is 4.53. The fourth-order valence-electron chi connectivity index (χ4n) is 3.01. The quantitative estimate of drug-likeness (QED) is 0.843. The lowest BCUT2D eigenvalue weighted by molar-refractivity contribution is 0.0588. The highest BCUT2D eigenvalue weighted by molar-refractivity contribution is 6.31. The minimum Gasteiger partial charge on any atom is -0.458 e. The summed E-state index contributed by atoms with van der Waals surface area (Å²) in [6, 6.07) is 7.46. The predicted octanol–water partition coefficient (Wildman–Crippen LogP) is 4.95. The Morgan fingerprint density at radius 1 is 1.21 bits per heavy atom. The van der Waals surface area contributed by atoms with Crippen LogP contribution in [0.1, 0.15) is 44.5 Å². The highest BCUT2D eigenvalue weighted by Crippen LogP contribution is 2.38. The first-order valence-corrected chi connectivity index (χ1v) is 7.38. The summed E-state index contributed by atoms with van der Waals surface area (Å²) in [5, 5.41) is 12.1. The van der Waals surface area contributed by atoms with Crippen molar-refractivity contribution in [3.05, 3.63) is 35.0 Å². The molecule has 2 nitrogen and oxygen atoms in total. The Labute approximate surface area is 118 Å². The minimum absolute atomic E-state index is 0.326. The Morgan fingerprint density at radius 3 is 2.68 bits per heavy atom. The van der Waals surface area contributed by atoms with Crippen LogP contribution in [0.2, 0.25) is 5.02 Å². The Bertz CT molecular complexity index is 567. The molecule has 0 saturated heterocycles. The van der Waals surface area contributed by atoms with Crippen molar-refractivity contribution in [3.63, 3.8) is 0 Å². The lowest BCUT2D eigenvalue weighted by atomic mass is 9.79. The van der Waals surface area contributed by atoms with E-state index in [1.165, 1.54) is 12.8 Å². The van der Waals surface area contributed by atoms with Gasteiger partial charge in [-0.1, -0.05) is 31.4 Å². The summed E-state index contributed by atoms with van der Waals surface area (Å²) in [6.07, 6.45) is 4.08. The molecule has 102 valence electrons. The van der Waals surface area contributed by atoms with Gasteiger partial charge in [0, 0.05) is 10.4 Å². The number of halogens is 1. The highest BCUT2D eigenvalue weighted by Gasteiger charge is 2.27. The van der Waals surface area contributed by atoms with Gasteiger partial charge < -0.3 is 9.52 Å². The van der Waals surface area contributed by atoms with Crippen LogP contribution in [-0.2, 0) is 0 Å². The van der Waals surface area contributed by atoms with Gasteiger partial charge in [0.1, 0.15) is 17.4 Å². The van der Waals surface area contributed by atoms with Gasteiger partial charge in [0.2, 0.25) is 0 Å². The van der Waals surface area contributed by atoms with Gasteiger partial charge in [0.15, 0.2) is 0 Å². The second-order valence-electron chi connectivity index (χ2n) is 5.80. The number of rotatable bonds is 2. The summed E-state index contributed by atoms with van der Waals surface area (Å²) >= 11 is 5.97. The Kier molecular flexibility index (Phi) is 3.55. The smallest absolute Gasteiger partial charge is 0.134 e. The Morgan fingerprint density at radius 2 is 1.95 bits per heavy atom. The number of aliphatic hydroxyl groups is 1. The zero-order valence-electron chi connectivity index (χ0n) is 11.1. The number of benzene rings is 1. The molecule has 1 aromatic heterocycles. The number of fused-ring (bicyclic) bond motifs is 1. The summed E-state index contributed by atoms with van der Waals surface area (Å²) in [5.41, 5.74) is 0.794. The highest BCUT2D eigenvalue weighted by atomic mass is 35.5. The van der Waals surface area contributed by atoms with Crippen molar-refractivity contribution in [2.75, 3.05) is 0 Å². The number of aliphatic hydroxyl groups excluding tert-OH is 1. The first-order valence-electron chi connectivity index (χ1n) is 7.00. The van der Waals surface area contributed by atoms with Crippen molar-refractivity contribution in [1.82, 2.24) is 0 Å². The van der Waals surface area contributed by atoms with Gasteiger partial charge in [-0.3, -0.25) is 0 Å². The molecule has 0 bridgehead atoms. The van der Waals surface area contributed by atoms with E-state index in [1.54, 1.807) is 0 Å². The maximum Gasteiger partial charge on any atom is 0.134 e. The third-order valence-electron chi connectivity index (χ3n) is 4.30. The molecule has 3 rings (SSSR count). The predicted molar refractivity (Wildman–Crippen MR) is 77.3 cm³/mol. The van der Waals surface area contributed by atoms with Gasteiger partial charge in [0.05, 0.1) is 0 Å². The van der Waals surface area contributed by atoms with Crippen LogP contribution in [0.25, 0.3) is 11.0 Å². The van der Waals surface area contributed by atoms with Crippen LogP contribution >= 0.6 is 11.6 Å². The van der Waals surface area contributed by atoms with Crippen molar-refractivity contribution < 1.29 is 9.52 Å². The van der Waals surface area contributed by atoms with E-state index in [-0.39, 0.29) is 0 Å². The van der Waals surface area contributed by atoms with Crippen LogP contribution in [0.4, 0.5) is 0 Å². The lowest BCUT2D eigenvalue weighted by Crippen LogP contribution is -2.18. The summed E-state index contributed by atoms with van der Waals surface area (Å²) < 4.78 is 5.76. The van der Waals surface area contributed by atoms with E-state index in [0.29, 0.717) is 16.7 Å². The van der Waals surface area contributed by atoms with Crippen LogP contribution in [0.5, 0.6) is 0 Å². The van der Waals surface area contributed by atoms with E-state index in [1.807, 2.05) is 24.3 Å². The van der Waals surface area contributed by atoms with Gasteiger partial charge in [-0.25, -0.2) is 0 Å². The number of hydrogen-bond donors (Lipinski definition) is 1. The molecule has 1 fully saturated rings. The minimum atomic E-state index is -0.487. The van der Waals surface area contributed by atoms with Crippen LogP contribution in [0.15, 0.2) is 28.7 Å². The fourth-order valence-corrected chi connectivity index (χ4v) is 3.19. The van der Waals surface area contributed by atoms with E-state index >= 15 is 0 Å². The molecule has 1 aliphatic rings. The third kappa shape index (κ3) is 2.65. The lowest BCUT2D eigenvalue weighted by Gasteiger charge is -2.28. The second kappa shape index (κ2) is 5.18. The molecular weight excluding hydrogens is 260 g/mol. The van der Waals surface area contributed by atoms with E-state index in [0.717, 1.165) is 29.7 Å². The molecule has 1 aliphatic carbocycles. The number of furan rings is 1. The monoisotopic (exact) mass is 278 g/mol. The molecule has 1 aromatic carbocycles. The normalized spacial score (nSPS) is 25.6. The van der Waals surface area contributed by atoms with Crippen molar-refractivity contribution in [1.29, 1.82) is 0 Å². The molecule has 0 radical (unpaired) electrons. The molecule has 0 aliphatic heterocycles. The average Bonchev–Trinajstić information content (AvgIpc) is 2.81. The Hall–Kier alpha value is -0.990. The van der Waals surface area contributed by atoms with Crippen molar-refractivity contribution in [2.45, 2.75) is 38.7 Å². The maximum atomic E-state index is 10.5. The van der Waals surface area contributed by atoms with Gasteiger partial charge in [-0.2, -0.15) is 0 Å². The zero-order valence-corrected chi connectivity index (χ0v) is 11.9. The molecule has 1 unspecified atom stereocenters. The summed E-state index contributed by atoms with van der Waals surface area (Å²) in [4.78, 5) is 0. The van der Waals surface area contributed by atoms with Crippen LogP contribution < -0.4 is 0 Å². The van der Waals surface area contributed by atoms with Crippen LogP contribution in [0.3, 0.4) is 0 Å². The van der Waals surface area contributed by atoms with Crippen molar-refractivity contribution >= 4 is 22.6 Å². The SMILES string of the molecule is CC1CCC(C(O)c2cc3cc(Cl)ccc3o2)CC1. The summed E-state index contributed by atoms with van der Waals surface area (Å²) in [6.45, 7) is 2.28. The van der Waals surface area contributed by atoms with Gasteiger partial charge in [-0.15, -0.1) is 0 Å². The summed E-state index contributed by atoms with van der Waals surface area (Å²) in [7, 11) is 0. The molecule has 19 heavy (non-hydrogen) atoms. The maximum absolute atomic E-state index is 10.5. The van der Waals surface area contributed by atoms with E-state index < -0.39 is 6.10 Å². The first kappa shape index (κ1) is 13.0. The molecule has 1 heterocycles. The van der Waals surface area contributed by atoms with E-state index in [4.69, 9.17) is 16.0 Å². The van der Waals surface area contributed by atoms with Gasteiger partial charge >= 0.3 is 0 Å². The molecule has 3 heteroatoms.